The summed E-state index contributed by atoms with van der Waals surface area (Å²) in [7, 11) is 0. The highest BCUT2D eigenvalue weighted by Crippen LogP contribution is 2.32. The predicted molar refractivity (Wildman–Crippen MR) is 48.9 cm³/mol. The van der Waals surface area contributed by atoms with Crippen LogP contribution in [0.2, 0.25) is 0 Å². The minimum atomic E-state index is 0.0260. The molecule has 0 bridgehead atoms. The van der Waals surface area contributed by atoms with E-state index in [1.54, 1.807) is 0 Å². The first-order chi connectivity index (χ1) is 6.22. The van der Waals surface area contributed by atoms with E-state index in [0.717, 1.165) is 28.5 Å². The van der Waals surface area contributed by atoms with E-state index in [4.69, 9.17) is 0 Å². The molecule has 0 atom stereocenters. The van der Waals surface area contributed by atoms with Crippen LogP contribution >= 0.6 is 0 Å². The van der Waals surface area contributed by atoms with Crippen molar-refractivity contribution in [3.63, 3.8) is 0 Å². The first-order valence-electron chi connectivity index (χ1n) is 4.18. The second-order valence-corrected chi connectivity index (χ2v) is 3.29. The van der Waals surface area contributed by atoms with Crippen LogP contribution in [-0.4, -0.2) is 6.29 Å². The molecular formula is C10H10N2O. The van der Waals surface area contributed by atoms with E-state index < -0.39 is 0 Å². The molecule has 3 nitrogen and oxygen atoms in total. The molecule has 0 saturated heterocycles. The third-order valence-electron chi connectivity index (χ3n) is 2.26. The van der Waals surface area contributed by atoms with Gasteiger partial charge < -0.3 is 0 Å². The van der Waals surface area contributed by atoms with E-state index in [1.165, 1.54) is 0 Å². The molecule has 1 aromatic rings. The van der Waals surface area contributed by atoms with E-state index in [2.05, 4.69) is 10.2 Å². The third-order valence-corrected chi connectivity index (χ3v) is 2.26. The van der Waals surface area contributed by atoms with E-state index in [-0.39, 0.29) is 6.17 Å². The van der Waals surface area contributed by atoms with Crippen LogP contribution in [0.5, 0.6) is 0 Å². The van der Waals surface area contributed by atoms with Gasteiger partial charge in [-0.3, -0.25) is 4.79 Å². The van der Waals surface area contributed by atoms with Gasteiger partial charge in [0.05, 0.1) is 0 Å². The Hall–Kier alpha value is -1.51. The quantitative estimate of drug-likeness (QED) is 0.635. The molecule has 1 aliphatic heterocycles. The van der Waals surface area contributed by atoms with Crippen molar-refractivity contribution in [2.24, 2.45) is 10.2 Å². The molecule has 0 unspecified atom stereocenters. The van der Waals surface area contributed by atoms with Gasteiger partial charge in [-0.1, -0.05) is 12.1 Å². The van der Waals surface area contributed by atoms with Crippen LogP contribution in [-0.2, 0) is 0 Å². The minimum absolute atomic E-state index is 0.0260. The van der Waals surface area contributed by atoms with Crippen LogP contribution < -0.4 is 0 Å². The Labute approximate surface area is 76.5 Å². The molecule has 0 aliphatic carbocycles. The third kappa shape index (κ3) is 1.37. The molecule has 3 heteroatoms. The Kier molecular flexibility index (Phi) is 1.72. The van der Waals surface area contributed by atoms with E-state index in [1.807, 2.05) is 26.0 Å². The number of hydrogen-bond donors (Lipinski definition) is 0. The van der Waals surface area contributed by atoms with E-state index in [9.17, 15) is 4.79 Å². The van der Waals surface area contributed by atoms with Crippen molar-refractivity contribution in [1.29, 1.82) is 0 Å². The lowest BCUT2D eigenvalue weighted by Crippen LogP contribution is -1.94. The summed E-state index contributed by atoms with van der Waals surface area (Å²) in [5.74, 6) is 0. The maximum atomic E-state index is 10.7. The molecule has 1 aromatic carbocycles. The average molecular weight is 174 g/mol. The molecule has 0 fully saturated rings. The smallest absolute Gasteiger partial charge is 0.206 e. The second kappa shape index (κ2) is 2.76. The van der Waals surface area contributed by atoms with Gasteiger partial charge in [-0.25, -0.2) is 0 Å². The van der Waals surface area contributed by atoms with Gasteiger partial charge in [-0.05, 0) is 25.0 Å². The molecule has 1 heterocycles. The fourth-order valence-corrected chi connectivity index (χ4v) is 1.51. The van der Waals surface area contributed by atoms with Crippen molar-refractivity contribution in [3.8, 4) is 0 Å². The van der Waals surface area contributed by atoms with Gasteiger partial charge in [0.1, 0.15) is 0 Å². The van der Waals surface area contributed by atoms with Gasteiger partial charge in [0.15, 0.2) is 6.29 Å². The highest BCUT2D eigenvalue weighted by atomic mass is 16.1. The van der Waals surface area contributed by atoms with Crippen molar-refractivity contribution >= 4 is 6.29 Å². The summed E-state index contributed by atoms with van der Waals surface area (Å²) < 4.78 is 0. The summed E-state index contributed by atoms with van der Waals surface area (Å²) in [4.78, 5) is 10.7. The van der Waals surface area contributed by atoms with Crippen molar-refractivity contribution in [3.05, 3.63) is 34.4 Å². The summed E-state index contributed by atoms with van der Waals surface area (Å²) in [5, 5.41) is 7.69. The average Bonchev–Trinajstić information content (AvgIpc) is 2.85. The molecule has 1 aliphatic rings. The molecular weight excluding hydrogens is 164 g/mol. The second-order valence-electron chi connectivity index (χ2n) is 3.29. The van der Waals surface area contributed by atoms with Gasteiger partial charge in [-0.15, -0.1) is 0 Å². The number of benzene rings is 1. The number of rotatable bonds is 2. The standard InChI is InChI=1S/C10H10N2O/c1-6-3-8(10-11-12-10)4-7(2)9(6)5-13/h3-5,10H,1-2H3. The van der Waals surface area contributed by atoms with Crippen molar-refractivity contribution < 1.29 is 4.79 Å². The summed E-state index contributed by atoms with van der Waals surface area (Å²) in [6.45, 7) is 3.87. The number of hydrogen-bond acceptors (Lipinski definition) is 3. The van der Waals surface area contributed by atoms with E-state index >= 15 is 0 Å². The minimum Gasteiger partial charge on any atom is -0.298 e. The Morgan fingerprint density at radius 1 is 1.23 bits per heavy atom. The molecule has 0 spiro atoms. The van der Waals surface area contributed by atoms with Crippen LogP contribution in [0.3, 0.4) is 0 Å². The number of aryl methyl sites for hydroxylation is 2. The fraction of sp³-hybridized carbons (Fsp3) is 0.300. The lowest BCUT2D eigenvalue weighted by Gasteiger charge is -2.05. The normalized spacial score (nSPS) is 14.6. The Bertz CT molecular complexity index is 367. The van der Waals surface area contributed by atoms with Gasteiger partial charge in [0.2, 0.25) is 6.17 Å². The number of carbonyl (C=O) groups excluding carboxylic acids is 1. The van der Waals surface area contributed by atoms with Crippen LogP contribution in [0, 0.1) is 13.8 Å². The summed E-state index contributed by atoms with van der Waals surface area (Å²) in [6.07, 6.45) is 0.924. The van der Waals surface area contributed by atoms with E-state index in [0.29, 0.717) is 0 Å². The molecule has 0 radical (unpaired) electrons. The lowest BCUT2D eigenvalue weighted by molar-refractivity contribution is 0.112. The molecule has 2 rings (SSSR count). The SMILES string of the molecule is Cc1cc(C2N=N2)cc(C)c1C=O. The molecule has 66 valence electrons. The van der Waals surface area contributed by atoms with Crippen molar-refractivity contribution in [1.82, 2.24) is 0 Å². The highest BCUT2D eigenvalue weighted by molar-refractivity contribution is 5.79. The zero-order chi connectivity index (χ0) is 9.42. The molecule has 13 heavy (non-hydrogen) atoms. The van der Waals surface area contributed by atoms with Crippen LogP contribution in [0.1, 0.15) is 33.2 Å². The first-order valence-corrected chi connectivity index (χ1v) is 4.18. The van der Waals surface area contributed by atoms with Gasteiger partial charge in [0, 0.05) is 11.1 Å². The fourth-order valence-electron chi connectivity index (χ4n) is 1.51. The van der Waals surface area contributed by atoms with Crippen LogP contribution in [0.25, 0.3) is 0 Å². The van der Waals surface area contributed by atoms with Crippen molar-refractivity contribution in [2.75, 3.05) is 0 Å². The summed E-state index contributed by atoms with van der Waals surface area (Å²) in [6, 6.07) is 3.95. The van der Waals surface area contributed by atoms with Crippen LogP contribution in [0.4, 0.5) is 0 Å². The van der Waals surface area contributed by atoms with Gasteiger partial charge in [-0.2, -0.15) is 10.2 Å². The number of aldehydes is 1. The topological polar surface area (TPSA) is 41.8 Å². The Balaban J connectivity index is 2.48. The monoisotopic (exact) mass is 174 g/mol. The molecule has 0 N–H and O–H groups in total. The van der Waals surface area contributed by atoms with Gasteiger partial charge >= 0.3 is 0 Å². The largest absolute Gasteiger partial charge is 0.298 e. The predicted octanol–water partition coefficient (Wildman–Crippen LogP) is 2.58. The van der Waals surface area contributed by atoms with Crippen molar-refractivity contribution in [2.45, 2.75) is 20.0 Å². The summed E-state index contributed by atoms with van der Waals surface area (Å²) >= 11 is 0. The first kappa shape index (κ1) is 8.10. The zero-order valence-corrected chi connectivity index (χ0v) is 7.61. The lowest BCUT2D eigenvalue weighted by atomic mass is 10.00. The zero-order valence-electron chi connectivity index (χ0n) is 7.61. The Morgan fingerprint density at radius 2 is 1.77 bits per heavy atom. The molecule has 0 saturated carbocycles. The van der Waals surface area contributed by atoms with Gasteiger partial charge in [0.25, 0.3) is 0 Å². The number of carbonyl (C=O) groups is 1. The highest BCUT2D eigenvalue weighted by Gasteiger charge is 2.19. The maximum Gasteiger partial charge on any atom is 0.206 e. The maximum absolute atomic E-state index is 10.7. The Morgan fingerprint density at radius 3 is 2.15 bits per heavy atom. The molecule has 0 aromatic heterocycles. The summed E-state index contributed by atoms with van der Waals surface area (Å²) in [5.41, 5.74) is 3.87. The van der Waals surface area contributed by atoms with Crippen LogP contribution in [0.15, 0.2) is 22.4 Å². The molecule has 0 amide bonds. The number of nitrogens with zero attached hydrogens (tertiary/aromatic N) is 2.